The van der Waals surface area contributed by atoms with Gasteiger partial charge in [-0.2, -0.15) is 0 Å². The van der Waals surface area contributed by atoms with Crippen LogP contribution in [0.1, 0.15) is 16.7 Å². The zero-order valence-electron chi connectivity index (χ0n) is 17.4. The molecular formula is C24H16Cl2N2O5S. The maximum absolute atomic E-state index is 12.9. The molecule has 1 aliphatic heterocycles. The molecule has 0 bridgehead atoms. The van der Waals surface area contributed by atoms with Crippen LogP contribution in [0, 0.1) is 10.1 Å². The molecule has 3 aromatic rings. The van der Waals surface area contributed by atoms with Gasteiger partial charge in [0.25, 0.3) is 16.8 Å². The predicted molar refractivity (Wildman–Crippen MR) is 132 cm³/mol. The van der Waals surface area contributed by atoms with Crippen molar-refractivity contribution in [3.05, 3.63) is 108 Å². The van der Waals surface area contributed by atoms with E-state index in [4.69, 9.17) is 27.9 Å². The molecule has 1 fully saturated rings. The Hall–Kier alpha value is -3.33. The molecule has 4 rings (SSSR count). The third-order valence-electron chi connectivity index (χ3n) is 4.90. The van der Waals surface area contributed by atoms with Crippen LogP contribution in [-0.4, -0.2) is 21.0 Å². The molecule has 7 nitrogen and oxygen atoms in total. The zero-order chi connectivity index (χ0) is 24.2. The lowest BCUT2D eigenvalue weighted by molar-refractivity contribution is -0.384. The van der Waals surface area contributed by atoms with Gasteiger partial charge >= 0.3 is 0 Å². The first-order valence-electron chi connectivity index (χ1n) is 9.95. The average Bonchev–Trinajstić information content (AvgIpc) is 3.06. The highest BCUT2D eigenvalue weighted by molar-refractivity contribution is 8.18. The molecule has 0 unspecified atom stereocenters. The van der Waals surface area contributed by atoms with Gasteiger partial charge in [0.2, 0.25) is 0 Å². The highest BCUT2D eigenvalue weighted by Gasteiger charge is 2.35. The lowest BCUT2D eigenvalue weighted by Crippen LogP contribution is -2.27. The largest absolute Gasteiger partial charge is 0.488 e. The molecule has 0 N–H and O–H groups in total. The third-order valence-corrected chi connectivity index (χ3v) is 6.28. The van der Waals surface area contributed by atoms with Crippen LogP contribution in [0.25, 0.3) is 6.08 Å². The first-order valence-corrected chi connectivity index (χ1v) is 11.5. The van der Waals surface area contributed by atoms with Crippen LogP contribution in [0.3, 0.4) is 0 Å². The van der Waals surface area contributed by atoms with Gasteiger partial charge < -0.3 is 4.74 Å². The Bertz CT molecular complexity index is 1310. The number of rotatable bonds is 7. The second-order valence-electron chi connectivity index (χ2n) is 7.29. The van der Waals surface area contributed by atoms with E-state index in [0.717, 1.165) is 22.2 Å². The number of nitrogens with zero attached hydrogens (tertiary/aromatic N) is 2. The number of hydrogen-bond donors (Lipinski definition) is 0. The van der Waals surface area contributed by atoms with Crippen molar-refractivity contribution < 1.29 is 19.2 Å². The standard InChI is InChI=1S/C24H16Cl2N2O5S/c25-18-3-1-2-16(10-18)14-33-21-9-6-19(26)11-17(21)12-22-23(29)27(24(30)34-22)13-15-4-7-20(8-5-15)28(31)32/h1-12H,13-14H2/b22-12+. The molecule has 0 saturated carbocycles. The molecule has 34 heavy (non-hydrogen) atoms. The number of carbonyl (C=O) groups excluding carboxylic acids is 2. The van der Waals surface area contributed by atoms with Crippen molar-refractivity contribution in [3.8, 4) is 5.75 Å². The Balaban J connectivity index is 1.53. The van der Waals surface area contributed by atoms with E-state index < -0.39 is 16.1 Å². The number of halogens is 2. The highest BCUT2D eigenvalue weighted by Crippen LogP contribution is 2.36. The summed E-state index contributed by atoms with van der Waals surface area (Å²) in [6, 6.07) is 18.0. The van der Waals surface area contributed by atoms with E-state index in [9.17, 15) is 19.7 Å². The van der Waals surface area contributed by atoms with Crippen molar-refractivity contribution in [1.82, 2.24) is 4.90 Å². The fourth-order valence-corrected chi connectivity index (χ4v) is 4.46. The first kappa shape index (κ1) is 23.8. The second-order valence-corrected chi connectivity index (χ2v) is 9.16. The van der Waals surface area contributed by atoms with E-state index in [1.165, 1.54) is 24.3 Å². The van der Waals surface area contributed by atoms with Crippen molar-refractivity contribution in [1.29, 1.82) is 0 Å². The minimum Gasteiger partial charge on any atom is -0.488 e. The number of non-ortho nitro benzene ring substituents is 1. The smallest absolute Gasteiger partial charge is 0.293 e. The minimum atomic E-state index is -0.510. The number of nitro groups is 1. The predicted octanol–water partition coefficient (Wildman–Crippen LogP) is 6.72. The summed E-state index contributed by atoms with van der Waals surface area (Å²) in [6.45, 7) is 0.262. The number of ether oxygens (including phenoxy) is 1. The second kappa shape index (κ2) is 10.3. The molecule has 1 saturated heterocycles. The molecular weight excluding hydrogens is 499 g/mol. The number of imide groups is 1. The molecule has 1 heterocycles. The molecule has 1 aliphatic rings. The molecule has 3 aromatic carbocycles. The number of nitro benzene ring substituents is 1. The summed E-state index contributed by atoms with van der Waals surface area (Å²) in [5.41, 5.74) is 1.96. The van der Waals surface area contributed by atoms with Gasteiger partial charge in [-0.15, -0.1) is 0 Å². The van der Waals surface area contributed by atoms with Crippen molar-refractivity contribution in [2.24, 2.45) is 0 Å². The summed E-state index contributed by atoms with van der Waals surface area (Å²) in [5.74, 6) is 0.0284. The van der Waals surface area contributed by atoms with Crippen LogP contribution in [0.5, 0.6) is 5.75 Å². The van der Waals surface area contributed by atoms with E-state index in [1.807, 2.05) is 12.1 Å². The first-order chi connectivity index (χ1) is 16.3. The molecule has 0 aliphatic carbocycles. The molecule has 172 valence electrons. The van der Waals surface area contributed by atoms with Crippen LogP contribution in [0.2, 0.25) is 10.0 Å². The van der Waals surface area contributed by atoms with Crippen LogP contribution in [-0.2, 0) is 17.9 Å². The van der Waals surface area contributed by atoms with Crippen molar-refractivity contribution in [2.45, 2.75) is 13.2 Å². The Labute approximate surface area is 209 Å². The van der Waals surface area contributed by atoms with Crippen molar-refractivity contribution in [3.63, 3.8) is 0 Å². The minimum absolute atomic E-state index is 0.00761. The Morgan fingerprint density at radius 1 is 0.971 bits per heavy atom. The summed E-state index contributed by atoms with van der Waals surface area (Å²) in [4.78, 5) is 37.1. The fraction of sp³-hybridized carbons (Fsp3) is 0.0833. The lowest BCUT2D eigenvalue weighted by Gasteiger charge is -2.12. The fourth-order valence-electron chi connectivity index (χ4n) is 3.23. The maximum Gasteiger partial charge on any atom is 0.293 e. The molecule has 0 radical (unpaired) electrons. The summed E-state index contributed by atoms with van der Waals surface area (Å²) >= 11 is 13.0. The van der Waals surface area contributed by atoms with Gasteiger partial charge in [-0.3, -0.25) is 24.6 Å². The quantitative estimate of drug-likeness (QED) is 0.197. The van der Waals surface area contributed by atoms with Crippen LogP contribution in [0.15, 0.2) is 71.6 Å². The molecule has 10 heteroatoms. The van der Waals surface area contributed by atoms with Gasteiger partial charge in [0.15, 0.2) is 0 Å². The lowest BCUT2D eigenvalue weighted by atomic mass is 10.1. The topological polar surface area (TPSA) is 89.8 Å². The van der Waals surface area contributed by atoms with Crippen LogP contribution >= 0.6 is 35.0 Å². The van der Waals surface area contributed by atoms with Gasteiger partial charge in [0.1, 0.15) is 12.4 Å². The molecule has 0 atom stereocenters. The number of benzene rings is 3. The summed E-state index contributed by atoms with van der Waals surface area (Å²) in [5, 5.41) is 11.4. The monoisotopic (exact) mass is 514 g/mol. The van der Waals surface area contributed by atoms with Crippen molar-refractivity contribution in [2.75, 3.05) is 0 Å². The van der Waals surface area contributed by atoms with E-state index in [1.54, 1.807) is 36.4 Å². The summed E-state index contributed by atoms with van der Waals surface area (Å²) in [6.07, 6.45) is 1.57. The normalized spacial score (nSPS) is 14.6. The molecule has 2 amide bonds. The van der Waals surface area contributed by atoms with Gasteiger partial charge in [-0.25, -0.2) is 0 Å². The Morgan fingerprint density at radius 3 is 2.41 bits per heavy atom. The highest BCUT2D eigenvalue weighted by atomic mass is 35.5. The summed E-state index contributed by atoms with van der Waals surface area (Å²) < 4.78 is 5.92. The maximum atomic E-state index is 12.9. The third kappa shape index (κ3) is 5.59. The van der Waals surface area contributed by atoms with Crippen LogP contribution in [0.4, 0.5) is 10.5 Å². The number of amides is 2. The average molecular weight is 515 g/mol. The van der Waals surface area contributed by atoms with E-state index in [-0.39, 0.29) is 23.7 Å². The van der Waals surface area contributed by atoms with E-state index in [2.05, 4.69) is 0 Å². The van der Waals surface area contributed by atoms with Crippen molar-refractivity contribution >= 4 is 57.9 Å². The summed E-state index contributed by atoms with van der Waals surface area (Å²) in [7, 11) is 0. The van der Waals surface area contributed by atoms with E-state index >= 15 is 0 Å². The Kier molecular flexibility index (Phi) is 7.21. The SMILES string of the molecule is O=C1S/C(=C/c2cc(Cl)ccc2OCc2cccc(Cl)c2)C(=O)N1Cc1ccc([N+](=O)[O-])cc1. The van der Waals surface area contributed by atoms with Gasteiger partial charge in [-0.05, 0) is 59.3 Å². The van der Waals surface area contributed by atoms with Crippen LogP contribution < -0.4 is 4.74 Å². The number of thioether (sulfide) groups is 1. The zero-order valence-corrected chi connectivity index (χ0v) is 19.8. The molecule has 0 spiro atoms. The van der Waals surface area contributed by atoms with Gasteiger partial charge in [0, 0.05) is 27.7 Å². The van der Waals surface area contributed by atoms with Gasteiger partial charge in [0.05, 0.1) is 16.4 Å². The molecule has 0 aromatic heterocycles. The number of hydrogen-bond acceptors (Lipinski definition) is 6. The number of carbonyl (C=O) groups is 2. The Morgan fingerprint density at radius 2 is 1.71 bits per heavy atom. The van der Waals surface area contributed by atoms with E-state index in [0.29, 0.717) is 26.9 Å². The van der Waals surface area contributed by atoms with Gasteiger partial charge in [-0.1, -0.05) is 47.5 Å².